The Morgan fingerprint density at radius 1 is 1.25 bits per heavy atom. The zero-order valence-electron chi connectivity index (χ0n) is 15.1. The second-order valence-electron chi connectivity index (χ2n) is 6.34. The van der Waals surface area contributed by atoms with Crippen molar-refractivity contribution in [2.45, 2.75) is 57.2 Å². The standard InChI is InChI=1S/C17H31NO6/c1-4-5-6-7-8-17(21,16(20)23-3)13-18-9-10-24-14(12-18)11-15(19)22-2/h14,21H,4-13H2,1-3H3. The van der Waals surface area contributed by atoms with Crippen LogP contribution in [-0.2, 0) is 23.8 Å². The molecule has 1 aliphatic rings. The summed E-state index contributed by atoms with van der Waals surface area (Å²) in [5.41, 5.74) is -1.52. The molecule has 0 amide bonds. The van der Waals surface area contributed by atoms with E-state index >= 15 is 0 Å². The fourth-order valence-corrected chi connectivity index (χ4v) is 2.97. The molecule has 0 spiro atoms. The Kier molecular flexibility index (Phi) is 9.25. The molecule has 1 saturated heterocycles. The summed E-state index contributed by atoms with van der Waals surface area (Å²) in [6.07, 6.45) is 4.18. The first-order valence-electron chi connectivity index (χ1n) is 8.66. The van der Waals surface area contributed by atoms with Gasteiger partial charge in [0.2, 0.25) is 0 Å². The van der Waals surface area contributed by atoms with Gasteiger partial charge in [-0.05, 0) is 12.8 Å². The van der Waals surface area contributed by atoms with Crippen LogP contribution in [0, 0.1) is 0 Å². The molecule has 7 heteroatoms. The maximum absolute atomic E-state index is 12.1. The molecular formula is C17H31NO6. The van der Waals surface area contributed by atoms with Gasteiger partial charge >= 0.3 is 11.9 Å². The summed E-state index contributed by atoms with van der Waals surface area (Å²) in [6.45, 7) is 3.83. The fraction of sp³-hybridized carbons (Fsp3) is 0.882. The zero-order valence-corrected chi connectivity index (χ0v) is 15.1. The zero-order chi connectivity index (χ0) is 18.0. The topological polar surface area (TPSA) is 85.3 Å². The number of hydrogen-bond donors (Lipinski definition) is 1. The van der Waals surface area contributed by atoms with Crippen molar-refractivity contribution < 1.29 is 28.9 Å². The first-order valence-corrected chi connectivity index (χ1v) is 8.66. The second kappa shape index (κ2) is 10.6. The average molecular weight is 345 g/mol. The molecule has 7 nitrogen and oxygen atoms in total. The third kappa shape index (κ3) is 6.75. The van der Waals surface area contributed by atoms with E-state index in [4.69, 9.17) is 9.47 Å². The number of ether oxygens (including phenoxy) is 3. The van der Waals surface area contributed by atoms with E-state index in [1.54, 1.807) is 0 Å². The summed E-state index contributed by atoms with van der Waals surface area (Å²) in [4.78, 5) is 25.4. The molecule has 0 bridgehead atoms. The second-order valence-corrected chi connectivity index (χ2v) is 6.34. The molecule has 0 aromatic carbocycles. The maximum Gasteiger partial charge on any atom is 0.339 e. The Morgan fingerprint density at radius 2 is 2.00 bits per heavy atom. The van der Waals surface area contributed by atoms with Gasteiger partial charge in [-0.15, -0.1) is 0 Å². The molecule has 0 aromatic heterocycles. The Hall–Kier alpha value is -1.18. The van der Waals surface area contributed by atoms with Gasteiger partial charge in [-0.25, -0.2) is 4.79 Å². The highest BCUT2D eigenvalue weighted by molar-refractivity contribution is 5.79. The SMILES string of the molecule is CCCCCCC(O)(CN1CCOC(CC(=O)OC)C1)C(=O)OC. The number of unbranched alkanes of at least 4 members (excludes halogenated alkanes) is 3. The number of carbonyl (C=O) groups excluding carboxylic acids is 2. The van der Waals surface area contributed by atoms with Crippen LogP contribution in [0.2, 0.25) is 0 Å². The Bertz CT molecular complexity index is 403. The summed E-state index contributed by atoms with van der Waals surface area (Å²) in [5.74, 6) is -0.931. The lowest BCUT2D eigenvalue weighted by atomic mass is 9.94. The first kappa shape index (κ1) is 20.9. The van der Waals surface area contributed by atoms with Gasteiger partial charge in [-0.3, -0.25) is 9.69 Å². The van der Waals surface area contributed by atoms with E-state index in [1.807, 2.05) is 4.90 Å². The highest BCUT2D eigenvalue weighted by atomic mass is 16.5. The van der Waals surface area contributed by atoms with Crippen LogP contribution in [0.3, 0.4) is 0 Å². The van der Waals surface area contributed by atoms with Gasteiger partial charge in [0.1, 0.15) is 0 Å². The fourth-order valence-electron chi connectivity index (χ4n) is 2.97. The van der Waals surface area contributed by atoms with Gasteiger partial charge in [0, 0.05) is 19.6 Å². The normalized spacial score (nSPS) is 21.1. The van der Waals surface area contributed by atoms with Crippen molar-refractivity contribution in [3.63, 3.8) is 0 Å². The maximum atomic E-state index is 12.1. The van der Waals surface area contributed by atoms with Gasteiger partial charge < -0.3 is 19.3 Å². The number of morpholine rings is 1. The van der Waals surface area contributed by atoms with Crippen LogP contribution in [0.1, 0.15) is 45.4 Å². The number of methoxy groups -OCH3 is 2. The molecule has 1 rings (SSSR count). The Morgan fingerprint density at radius 3 is 2.62 bits per heavy atom. The number of aliphatic hydroxyl groups is 1. The summed E-state index contributed by atoms with van der Waals surface area (Å²) in [6, 6.07) is 0. The molecule has 0 aromatic rings. The molecule has 0 aliphatic carbocycles. The predicted octanol–water partition coefficient (Wildman–Crippen LogP) is 1.12. The van der Waals surface area contributed by atoms with Crippen molar-refractivity contribution >= 4 is 11.9 Å². The van der Waals surface area contributed by atoms with Crippen molar-refractivity contribution in [3.05, 3.63) is 0 Å². The molecule has 2 unspecified atom stereocenters. The van der Waals surface area contributed by atoms with Gasteiger partial charge in [0.05, 0.1) is 33.4 Å². The van der Waals surface area contributed by atoms with Gasteiger partial charge in [-0.2, -0.15) is 0 Å². The molecule has 1 fully saturated rings. The smallest absolute Gasteiger partial charge is 0.339 e. The van der Waals surface area contributed by atoms with E-state index in [0.29, 0.717) is 26.1 Å². The minimum Gasteiger partial charge on any atom is -0.469 e. The minimum absolute atomic E-state index is 0.167. The number of β-amino-alcohol motifs (C(OH)–C–C–N with tert-alkyl or cyclic N) is 1. The van der Waals surface area contributed by atoms with E-state index in [1.165, 1.54) is 14.2 Å². The summed E-state index contributed by atoms with van der Waals surface area (Å²) >= 11 is 0. The molecule has 0 saturated carbocycles. The van der Waals surface area contributed by atoms with Crippen LogP contribution >= 0.6 is 0 Å². The number of carbonyl (C=O) groups is 2. The quantitative estimate of drug-likeness (QED) is 0.469. The lowest BCUT2D eigenvalue weighted by Gasteiger charge is -2.37. The van der Waals surface area contributed by atoms with Crippen LogP contribution < -0.4 is 0 Å². The molecule has 0 radical (unpaired) electrons. The summed E-state index contributed by atoms with van der Waals surface area (Å²) in [7, 11) is 2.63. The molecule has 140 valence electrons. The number of nitrogens with zero attached hydrogens (tertiary/aromatic N) is 1. The number of esters is 2. The highest BCUT2D eigenvalue weighted by Crippen LogP contribution is 2.21. The van der Waals surface area contributed by atoms with Gasteiger partial charge in [-0.1, -0.05) is 26.2 Å². The number of rotatable bonds is 10. The minimum atomic E-state index is -1.52. The monoisotopic (exact) mass is 345 g/mol. The largest absolute Gasteiger partial charge is 0.469 e. The molecular weight excluding hydrogens is 314 g/mol. The van der Waals surface area contributed by atoms with Crippen LogP contribution in [-0.4, -0.2) is 74.1 Å². The third-order valence-electron chi connectivity index (χ3n) is 4.34. The van der Waals surface area contributed by atoms with Crippen LogP contribution in [0.5, 0.6) is 0 Å². The summed E-state index contributed by atoms with van der Waals surface area (Å²) < 4.78 is 15.0. The Labute approximate surface area is 144 Å². The van der Waals surface area contributed by atoms with Crippen molar-refractivity contribution in [1.82, 2.24) is 4.90 Å². The van der Waals surface area contributed by atoms with Gasteiger partial charge in [0.15, 0.2) is 5.60 Å². The third-order valence-corrected chi connectivity index (χ3v) is 4.34. The van der Waals surface area contributed by atoms with E-state index in [0.717, 1.165) is 25.7 Å². The van der Waals surface area contributed by atoms with Gasteiger partial charge in [0.25, 0.3) is 0 Å². The molecule has 2 atom stereocenters. The molecule has 1 heterocycles. The number of hydrogen-bond acceptors (Lipinski definition) is 7. The van der Waals surface area contributed by atoms with E-state index < -0.39 is 11.6 Å². The van der Waals surface area contributed by atoms with Crippen LogP contribution in [0.4, 0.5) is 0 Å². The van der Waals surface area contributed by atoms with E-state index in [-0.39, 0.29) is 25.0 Å². The van der Waals surface area contributed by atoms with E-state index in [2.05, 4.69) is 11.7 Å². The van der Waals surface area contributed by atoms with Crippen LogP contribution in [0.15, 0.2) is 0 Å². The average Bonchev–Trinajstić information content (AvgIpc) is 2.58. The van der Waals surface area contributed by atoms with Crippen molar-refractivity contribution in [3.8, 4) is 0 Å². The first-order chi connectivity index (χ1) is 11.4. The van der Waals surface area contributed by atoms with Crippen molar-refractivity contribution in [2.75, 3.05) is 40.5 Å². The lowest BCUT2D eigenvalue weighted by molar-refractivity contribution is -0.168. The van der Waals surface area contributed by atoms with E-state index in [9.17, 15) is 14.7 Å². The highest BCUT2D eigenvalue weighted by Gasteiger charge is 2.39. The van der Waals surface area contributed by atoms with Crippen LogP contribution in [0.25, 0.3) is 0 Å². The Balaban J connectivity index is 2.60. The lowest BCUT2D eigenvalue weighted by Crippen LogP contribution is -2.54. The molecule has 1 N–H and O–H groups in total. The van der Waals surface area contributed by atoms with Crippen molar-refractivity contribution in [1.29, 1.82) is 0 Å². The predicted molar refractivity (Wildman–Crippen MR) is 88.5 cm³/mol. The molecule has 24 heavy (non-hydrogen) atoms. The van der Waals surface area contributed by atoms with Crippen molar-refractivity contribution in [2.24, 2.45) is 0 Å². The summed E-state index contributed by atoms with van der Waals surface area (Å²) in [5, 5.41) is 10.8. The molecule has 1 aliphatic heterocycles.